The van der Waals surface area contributed by atoms with Crippen LogP contribution in [0.1, 0.15) is 32.3 Å². The Bertz CT molecular complexity index is 459. The summed E-state index contributed by atoms with van der Waals surface area (Å²) in [6.07, 6.45) is 6.86. The van der Waals surface area contributed by atoms with Gasteiger partial charge in [-0.05, 0) is 70.4 Å². The van der Waals surface area contributed by atoms with E-state index in [0.29, 0.717) is 6.04 Å². The molecule has 0 spiro atoms. The third kappa shape index (κ3) is 5.54. The first kappa shape index (κ1) is 17.2. The zero-order chi connectivity index (χ0) is 15.9. The number of rotatable bonds is 6. The van der Waals surface area contributed by atoms with Crippen LogP contribution in [0.3, 0.4) is 0 Å². The van der Waals surface area contributed by atoms with Crippen LogP contribution in [0.15, 0.2) is 30.3 Å². The predicted molar refractivity (Wildman–Crippen MR) is 92.4 cm³/mol. The summed E-state index contributed by atoms with van der Waals surface area (Å²) in [7, 11) is 2.22. The average molecular weight is 304 g/mol. The van der Waals surface area contributed by atoms with Gasteiger partial charge in [0.05, 0.1) is 0 Å². The van der Waals surface area contributed by atoms with Gasteiger partial charge in [-0.15, -0.1) is 0 Å². The molecule has 3 heteroatoms. The van der Waals surface area contributed by atoms with Crippen LogP contribution in [0.4, 0.5) is 4.39 Å². The lowest BCUT2D eigenvalue weighted by molar-refractivity contribution is 0.151. The highest BCUT2D eigenvalue weighted by Gasteiger charge is 2.20. The van der Waals surface area contributed by atoms with Crippen molar-refractivity contribution in [1.82, 2.24) is 9.80 Å². The fourth-order valence-corrected chi connectivity index (χ4v) is 2.88. The van der Waals surface area contributed by atoms with Crippen molar-refractivity contribution in [1.29, 1.82) is 0 Å². The van der Waals surface area contributed by atoms with E-state index in [4.69, 9.17) is 0 Å². The van der Waals surface area contributed by atoms with Crippen LogP contribution in [0.25, 0.3) is 6.08 Å². The minimum atomic E-state index is -0.175. The summed E-state index contributed by atoms with van der Waals surface area (Å²) < 4.78 is 12.8. The van der Waals surface area contributed by atoms with E-state index in [0.717, 1.165) is 18.0 Å². The summed E-state index contributed by atoms with van der Waals surface area (Å²) in [5, 5.41) is 0. The topological polar surface area (TPSA) is 6.48 Å². The number of likely N-dealkylation sites (tertiary alicyclic amines) is 1. The zero-order valence-corrected chi connectivity index (χ0v) is 14.1. The third-order valence-electron chi connectivity index (χ3n) is 4.68. The van der Waals surface area contributed by atoms with Crippen molar-refractivity contribution in [2.24, 2.45) is 5.92 Å². The molecule has 1 aliphatic heterocycles. The largest absolute Gasteiger partial charge is 0.304 e. The molecule has 1 saturated heterocycles. The summed E-state index contributed by atoms with van der Waals surface area (Å²) in [4.78, 5) is 4.96. The van der Waals surface area contributed by atoms with E-state index >= 15 is 0 Å². The first-order chi connectivity index (χ1) is 10.5. The number of piperidine rings is 1. The van der Waals surface area contributed by atoms with Gasteiger partial charge in [-0.25, -0.2) is 4.39 Å². The highest BCUT2D eigenvalue weighted by atomic mass is 19.1. The molecule has 1 fully saturated rings. The van der Waals surface area contributed by atoms with E-state index in [1.807, 2.05) is 12.1 Å². The summed E-state index contributed by atoms with van der Waals surface area (Å²) in [5.74, 6) is 0.662. The summed E-state index contributed by atoms with van der Waals surface area (Å²) in [5.41, 5.74) is 1.06. The lowest BCUT2D eigenvalue weighted by Crippen LogP contribution is -2.39. The van der Waals surface area contributed by atoms with Crippen molar-refractivity contribution in [3.05, 3.63) is 41.7 Å². The Morgan fingerprint density at radius 2 is 1.86 bits per heavy atom. The van der Waals surface area contributed by atoms with E-state index in [1.165, 1.54) is 44.6 Å². The van der Waals surface area contributed by atoms with Gasteiger partial charge in [0.15, 0.2) is 0 Å². The molecule has 2 nitrogen and oxygen atoms in total. The van der Waals surface area contributed by atoms with Crippen molar-refractivity contribution in [3.63, 3.8) is 0 Å². The van der Waals surface area contributed by atoms with Crippen LogP contribution in [0.5, 0.6) is 0 Å². The fraction of sp³-hybridized carbons (Fsp3) is 0.579. The standard InChI is InChI=1S/C19H29FN2/c1-16(2)21(3)15-18-10-13-22(14-11-18)12-4-5-17-6-8-19(20)9-7-17/h4-9,16,18H,10-15H2,1-3H3/b5-4+. The molecule has 0 radical (unpaired) electrons. The Balaban J connectivity index is 1.70. The Morgan fingerprint density at radius 3 is 2.45 bits per heavy atom. The molecule has 1 aromatic rings. The summed E-state index contributed by atoms with van der Waals surface area (Å²) in [6.45, 7) is 9.10. The molecule has 22 heavy (non-hydrogen) atoms. The molecule has 1 aromatic carbocycles. The smallest absolute Gasteiger partial charge is 0.123 e. The number of halogens is 1. The van der Waals surface area contributed by atoms with Gasteiger partial charge in [0.2, 0.25) is 0 Å². The lowest BCUT2D eigenvalue weighted by atomic mass is 9.96. The number of hydrogen-bond donors (Lipinski definition) is 0. The molecule has 1 aliphatic rings. The van der Waals surface area contributed by atoms with E-state index in [1.54, 1.807) is 0 Å². The van der Waals surface area contributed by atoms with Gasteiger partial charge in [0, 0.05) is 19.1 Å². The van der Waals surface area contributed by atoms with Gasteiger partial charge in [-0.3, -0.25) is 4.90 Å². The Labute approximate surface area is 134 Å². The molecule has 0 N–H and O–H groups in total. The van der Waals surface area contributed by atoms with E-state index in [2.05, 4.69) is 42.8 Å². The van der Waals surface area contributed by atoms with Gasteiger partial charge in [-0.2, -0.15) is 0 Å². The highest BCUT2D eigenvalue weighted by molar-refractivity contribution is 5.48. The zero-order valence-electron chi connectivity index (χ0n) is 14.1. The van der Waals surface area contributed by atoms with Crippen molar-refractivity contribution >= 4 is 6.08 Å². The Kier molecular flexibility index (Phi) is 6.59. The molecule has 1 heterocycles. The Hall–Kier alpha value is -1.19. The minimum Gasteiger partial charge on any atom is -0.304 e. The van der Waals surface area contributed by atoms with Crippen LogP contribution in [0.2, 0.25) is 0 Å². The molecule has 0 saturated carbocycles. The molecule has 0 amide bonds. The number of hydrogen-bond acceptors (Lipinski definition) is 2. The number of nitrogens with zero attached hydrogens (tertiary/aromatic N) is 2. The van der Waals surface area contributed by atoms with E-state index in [-0.39, 0.29) is 5.82 Å². The molecule has 2 rings (SSSR count). The Morgan fingerprint density at radius 1 is 1.23 bits per heavy atom. The van der Waals surface area contributed by atoms with Crippen LogP contribution in [0, 0.1) is 11.7 Å². The van der Waals surface area contributed by atoms with Gasteiger partial charge >= 0.3 is 0 Å². The van der Waals surface area contributed by atoms with E-state index < -0.39 is 0 Å². The number of benzene rings is 1. The van der Waals surface area contributed by atoms with E-state index in [9.17, 15) is 4.39 Å². The molecule has 0 bridgehead atoms. The maximum Gasteiger partial charge on any atom is 0.123 e. The molecule has 0 atom stereocenters. The van der Waals surface area contributed by atoms with Gasteiger partial charge in [0.25, 0.3) is 0 Å². The first-order valence-electron chi connectivity index (χ1n) is 8.39. The van der Waals surface area contributed by atoms with Crippen molar-refractivity contribution in [2.45, 2.75) is 32.7 Å². The highest BCUT2D eigenvalue weighted by Crippen LogP contribution is 2.18. The second kappa shape index (κ2) is 8.44. The van der Waals surface area contributed by atoms with Gasteiger partial charge in [0.1, 0.15) is 5.82 Å². The SMILES string of the molecule is CC(C)N(C)CC1CCN(C/C=C/c2ccc(F)cc2)CC1. The predicted octanol–water partition coefficient (Wildman–Crippen LogP) is 3.89. The summed E-state index contributed by atoms with van der Waals surface area (Å²) in [6, 6.07) is 7.29. The van der Waals surface area contributed by atoms with Crippen LogP contribution in [-0.4, -0.2) is 49.1 Å². The first-order valence-corrected chi connectivity index (χ1v) is 8.39. The summed E-state index contributed by atoms with van der Waals surface area (Å²) >= 11 is 0. The minimum absolute atomic E-state index is 0.175. The second-order valence-electron chi connectivity index (χ2n) is 6.73. The van der Waals surface area contributed by atoms with Crippen molar-refractivity contribution < 1.29 is 4.39 Å². The van der Waals surface area contributed by atoms with Crippen molar-refractivity contribution in [3.8, 4) is 0 Å². The molecule has 0 aliphatic carbocycles. The van der Waals surface area contributed by atoms with Crippen LogP contribution < -0.4 is 0 Å². The quantitative estimate of drug-likeness (QED) is 0.786. The van der Waals surface area contributed by atoms with Crippen LogP contribution in [-0.2, 0) is 0 Å². The fourth-order valence-electron chi connectivity index (χ4n) is 2.88. The second-order valence-corrected chi connectivity index (χ2v) is 6.73. The molecule has 0 aromatic heterocycles. The lowest BCUT2D eigenvalue weighted by Gasteiger charge is -2.34. The molecular weight excluding hydrogens is 275 g/mol. The monoisotopic (exact) mass is 304 g/mol. The van der Waals surface area contributed by atoms with Crippen LogP contribution >= 0.6 is 0 Å². The maximum atomic E-state index is 12.8. The molecule has 0 unspecified atom stereocenters. The van der Waals surface area contributed by atoms with Gasteiger partial charge < -0.3 is 4.90 Å². The molecular formula is C19H29FN2. The third-order valence-corrected chi connectivity index (χ3v) is 4.68. The average Bonchev–Trinajstić information content (AvgIpc) is 2.51. The normalized spacial score (nSPS) is 17.9. The maximum absolute atomic E-state index is 12.8. The molecule has 122 valence electrons. The van der Waals surface area contributed by atoms with Crippen molar-refractivity contribution in [2.75, 3.05) is 33.2 Å². The van der Waals surface area contributed by atoms with Gasteiger partial charge in [-0.1, -0.05) is 24.3 Å².